The second-order valence-electron chi connectivity index (χ2n) is 3.33. The highest BCUT2D eigenvalue weighted by Gasteiger charge is 2.03. The van der Waals surface area contributed by atoms with Gasteiger partial charge < -0.3 is 10.1 Å². The second-order valence-corrected chi connectivity index (χ2v) is 3.33. The second kappa shape index (κ2) is 6.19. The Kier molecular flexibility index (Phi) is 4.84. The fraction of sp³-hybridized carbons (Fsp3) is 0.333. The molecule has 1 atom stereocenters. The lowest BCUT2D eigenvalue weighted by molar-refractivity contribution is 0.218. The minimum atomic E-state index is -0.279. The van der Waals surface area contributed by atoms with E-state index in [2.05, 4.69) is 11.9 Å². The lowest BCUT2D eigenvalue weighted by Crippen LogP contribution is -2.28. The van der Waals surface area contributed by atoms with Gasteiger partial charge in [0, 0.05) is 19.2 Å². The van der Waals surface area contributed by atoms with Crippen molar-refractivity contribution in [2.24, 2.45) is 0 Å². The van der Waals surface area contributed by atoms with E-state index >= 15 is 0 Å². The van der Waals surface area contributed by atoms with Crippen molar-refractivity contribution in [3.05, 3.63) is 42.7 Å². The highest BCUT2D eigenvalue weighted by atomic mass is 19.1. The lowest BCUT2D eigenvalue weighted by Gasteiger charge is -2.14. The van der Waals surface area contributed by atoms with Crippen LogP contribution in [0.2, 0.25) is 0 Å². The van der Waals surface area contributed by atoms with Crippen molar-refractivity contribution in [1.29, 1.82) is 0 Å². The van der Waals surface area contributed by atoms with Crippen molar-refractivity contribution in [3.63, 3.8) is 0 Å². The Morgan fingerprint density at radius 1 is 1.60 bits per heavy atom. The Morgan fingerprint density at radius 3 is 3.07 bits per heavy atom. The number of hydrogen-bond donors (Lipinski definition) is 1. The van der Waals surface area contributed by atoms with E-state index < -0.39 is 0 Å². The fourth-order valence-electron chi connectivity index (χ4n) is 1.20. The number of hydrogen-bond acceptors (Lipinski definition) is 2. The summed E-state index contributed by atoms with van der Waals surface area (Å²) < 4.78 is 18.3. The third-order valence-electron chi connectivity index (χ3n) is 1.85. The van der Waals surface area contributed by atoms with Crippen LogP contribution in [0.1, 0.15) is 6.92 Å². The molecule has 0 bridgehead atoms. The first-order valence-corrected chi connectivity index (χ1v) is 4.96. The van der Waals surface area contributed by atoms with E-state index in [1.165, 1.54) is 12.1 Å². The number of ether oxygens (including phenoxy) is 1. The van der Waals surface area contributed by atoms with Crippen LogP contribution >= 0.6 is 0 Å². The minimum absolute atomic E-state index is 0.00625. The van der Waals surface area contributed by atoms with E-state index in [-0.39, 0.29) is 11.9 Å². The SMILES string of the molecule is C=CCNCC(C)Oc1cccc(F)c1. The van der Waals surface area contributed by atoms with Gasteiger partial charge in [0.15, 0.2) is 0 Å². The largest absolute Gasteiger partial charge is 0.489 e. The van der Waals surface area contributed by atoms with Gasteiger partial charge >= 0.3 is 0 Å². The van der Waals surface area contributed by atoms with E-state index in [1.807, 2.05) is 6.92 Å². The Labute approximate surface area is 89.8 Å². The van der Waals surface area contributed by atoms with E-state index in [9.17, 15) is 4.39 Å². The summed E-state index contributed by atoms with van der Waals surface area (Å²) >= 11 is 0. The van der Waals surface area contributed by atoms with Gasteiger partial charge in [0.1, 0.15) is 17.7 Å². The summed E-state index contributed by atoms with van der Waals surface area (Å²) in [5.74, 6) is 0.279. The molecule has 0 aliphatic rings. The van der Waals surface area contributed by atoms with Gasteiger partial charge in [-0.3, -0.25) is 0 Å². The highest BCUT2D eigenvalue weighted by molar-refractivity contribution is 5.22. The van der Waals surface area contributed by atoms with Crippen molar-refractivity contribution in [2.45, 2.75) is 13.0 Å². The van der Waals surface area contributed by atoms with Crippen LogP contribution in [0.15, 0.2) is 36.9 Å². The van der Waals surface area contributed by atoms with Crippen LogP contribution in [0.4, 0.5) is 4.39 Å². The fourth-order valence-corrected chi connectivity index (χ4v) is 1.20. The zero-order valence-corrected chi connectivity index (χ0v) is 8.87. The van der Waals surface area contributed by atoms with Gasteiger partial charge in [-0.25, -0.2) is 4.39 Å². The molecule has 82 valence electrons. The molecule has 0 saturated heterocycles. The Balaban J connectivity index is 2.37. The summed E-state index contributed by atoms with van der Waals surface area (Å²) in [7, 11) is 0. The molecule has 1 aromatic carbocycles. The molecule has 0 aliphatic heterocycles. The molecule has 0 spiro atoms. The molecule has 0 amide bonds. The molecule has 1 aromatic rings. The van der Waals surface area contributed by atoms with Gasteiger partial charge in [0.2, 0.25) is 0 Å². The summed E-state index contributed by atoms with van der Waals surface area (Å²) in [6.07, 6.45) is 1.79. The molecular formula is C12H16FNO. The van der Waals surface area contributed by atoms with Crippen molar-refractivity contribution in [2.75, 3.05) is 13.1 Å². The van der Waals surface area contributed by atoms with Crippen LogP contribution in [-0.4, -0.2) is 19.2 Å². The number of nitrogens with one attached hydrogen (secondary N) is 1. The Hall–Kier alpha value is -1.35. The minimum Gasteiger partial charge on any atom is -0.489 e. The zero-order valence-electron chi connectivity index (χ0n) is 8.87. The number of benzene rings is 1. The molecule has 0 radical (unpaired) electrons. The normalized spacial score (nSPS) is 12.1. The topological polar surface area (TPSA) is 21.3 Å². The van der Waals surface area contributed by atoms with Gasteiger partial charge in [-0.05, 0) is 19.1 Å². The van der Waals surface area contributed by atoms with E-state index in [0.29, 0.717) is 12.3 Å². The number of halogens is 1. The number of rotatable bonds is 6. The molecule has 0 aromatic heterocycles. The van der Waals surface area contributed by atoms with Crippen LogP contribution in [0.3, 0.4) is 0 Å². The van der Waals surface area contributed by atoms with Gasteiger partial charge in [-0.1, -0.05) is 12.1 Å². The highest BCUT2D eigenvalue weighted by Crippen LogP contribution is 2.13. The first kappa shape index (κ1) is 11.7. The molecule has 2 nitrogen and oxygen atoms in total. The summed E-state index contributed by atoms with van der Waals surface area (Å²) in [5, 5.41) is 3.13. The molecule has 1 rings (SSSR count). The van der Waals surface area contributed by atoms with E-state index in [0.717, 1.165) is 6.54 Å². The lowest BCUT2D eigenvalue weighted by atomic mass is 10.3. The Bertz CT molecular complexity index is 314. The average Bonchev–Trinajstić information content (AvgIpc) is 2.18. The monoisotopic (exact) mass is 209 g/mol. The molecule has 0 heterocycles. The van der Waals surface area contributed by atoms with Crippen LogP contribution in [-0.2, 0) is 0 Å². The van der Waals surface area contributed by atoms with Gasteiger partial charge in [0.05, 0.1) is 0 Å². The first-order valence-electron chi connectivity index (χ1n) is 4.96. The van der Waals surface area contributed by atoms with Crippen molar-refractivity contribution < 1.29 is 9.13 Å². The van der Waals surface area contributed by atoms with Crippen LogP contribution in [0, 0.1) is 5.82 Å². The van der Waals surface area contributed by atoms with E-state index in [1.54, 1.807) is 18.2 Å². The molecule has 1 N–H and O–H groups in total. The molecular weight excluding hydrogens is 193 g/mol. The van der Waals surface area contributed by atoms with Gasteiger partial charge in [-0.2, -0.15) is 0 Å². The summed E-state index contributed by atoms with van der Waals surface area (Å²) in [5.41, 5.74) is 0. The molecule has 0 fully saturated rings. The average molecular weight is 209 g/mol. The Morgan fingerprint density at radius 2 is 2.40 bits per heavy atom. The zero-order chi connectivity index (χ0) is 11.1. The molecule has 0 saturated carbocycles. The van der Waals surface area contributed by atoms with Gasteiger partial charge in [0.25, 0.3) is 0 Å². The maximum absolute atomic E-state index is 12.8. The van der Waals surface area contributed by atoms with E-state index in [4.69, 9.17) is 4.74 Å². The van der Waals surface area contributed by atoms with Crippen molar-refractivity contribution in [3.8, 4) is 5.75 Å². The third-order valence-corrected chi connectivity index (χ3v) is 1.85. The molecule has 0 aliphatic carbocycles. The molecule has 1 unspecified atom stereocenters. The van der Waals surface area contributed by atoms with Crippen LogP contribution in [0.25, 0.3) is 0 Å². The maximum Gasteiger partial charge on any atom is 0.126 e. The van der Waals surface area contributed by atoms with Crippen LogP contribution in [0.5, 0.6) is 5.75 Å². The van der Waals surface area contributed by atoms with Crippen LogP contribution < -0.4 is 10.1 Å². The summed E-state index contributed by atoms with van der Waals surface area (Å²) in [6, 6.07) is 6.15. The first-order chi connectivity index (χ1) is 7.22. The molecule has 3 heteroatoms. The summed E-state index contributed by atoms with van der Waals surface area (Å²) in [6.45, 7) is 6.99. The molecule has 15 heavy (non-hydrogen) atoms. The quantitative estimate of drug-likeness (QED) is 0.573. The smallest absolute Gasteiger partial charge is 0.126 e. The van der Waals surface area contributed by atoms with Crippen molar-refractivity contribution >= 4 is 0 Å². The maximum atomic E-state index is 12.8. The van der Waals surface area contributed by atoms with Crippen molar-refractivity contribution in [1.82, 2.24) is 5.32 Å². The van der Waals surface area contributed by atoms with Gasteiger partial charge in [-0.15, -0.1) is 6.58 Å². The third kappa shape index (κ3) is 4.61. The summed E-state index contributed by atoms with van der Waals surface area (Å²) in [4.78, 5) is 0. The predicted octanol–water partition coefficient (Wildman–Crippen LogP) is 2.37. The standard InChI is InChI=1S/C12H16FNO/c1-3-7-14-9-10(2)15-12-6-4-5-11(13)8-12/h3-6,8,10,14H,1,7,9H2,2H3. The predicted molar refractivity (Wildman–Crippen MR) is 59.6 cm³/mol.